The van der Waals surface area contributed by atoms with Crippen molar-refractivity contribution in [3.05, 3.63) is 35.4 Å². The average Bonchev–Trinajstić information content (AvgIpc) is 2.49. The van der Waals surface area contributed by atoms with Crippen LogP contribution in [0.4, 0.5) is 4.79 Å². The predicted molar refractivity (Wildman–Crippen MR) is 95.9 cm³/mol. The van der Waals surface area contributed by atoms with E-state index in [1.54, 1.807) is 13.8 Å². The molecule has 3 amide bonds. The maximum absolute atomic E-state index is 12.0. The molecule has 0 bridgehead atoms. The summed E-state index contributed by atoms with van der Waals surface area (Å²) < 4.78 is 5.22. The van der Waals surface area contributed by atoms with Crippen molar-refractivity contribution < 1.29 is 19.1 Å². The molecule has 1 rings (SSSR count). The van der Waals surface area contributed by atoms with Gasteiger partial charge in [-0.2, -0.15) is 0 Å². The van der Waals surface area contributed by atoms with Crippen LogP contribution in [0.15, 0.2) is 24.3 Å². The summed E-state index contributed by atoms with van der Waals surface area (Å²) in [6.07, 6.45) is -0.365. The second-order valence-electron chi connectivity index (χ2n) is 7.45. The first-order valence-corrected chi connectivity index (χ1v) is 8.40. The number of carbonyl (C=O) groups excluding carboxylic acids is 3. The molecule has 0 radical (unpaired) electrons. The molecule has 0 aliphatic heterocycles. The van der Waals surface area contributed by atoms with Gasteiger partial charge in [0.25, 0.3) is 5.91 Å². The van der Waals surface area contributed by atoms with E-state index in [0.717, 1.165) is 5.56 Å². The molecule has 0 aromatic heterocycles. The minimum Gasteiger partial charge on any atom is -0.452 e. The number of primary amides is 1. The Labute approximate surface area is 149 Å². The fraction of sp³-hybridized carbons (Fsp3) is 0.526. The fourth-order valence-corrected chi connectivity index (χ4v) is 2.30. The van der Waals surface area contributed by atoms with Crippen molar-refractivity contribution in [2.24, 2.45) is 11.7 Å². The third-order valence-corrected chi connectivity index (χ3v) is 3.81. The molecule has 0 saturated heterocycles. The number of imide groups is 1. The number of nitrogens with one attached hydrogen (secondary N) is 1. The highest BCUT2D eigenvalue weighted by Crippen LogP contribution is 2.22. The SMILES string of the molecule is CC(C)[C@@H](OC(=O)CCc1ccc(C(C)(C)C)cc1)C(=O)NC(N)=O. The zero-order valence-electron chi connectivity index (χ0n) is 15.6. The summed E-state index contributed by atoms with van der Waals surface area (Å²) in [7, 11) is 0. The van der Waals surface area contributed by atoms with Crippen molar-refractivity contribution in [3.8, 4) is 0 Å². The van der Waals surface area contributed by atoms with Crippen molar-refractivity contribution in [2.45, 2.75) is 59.0 Å². The van der Waals surface area contributed by atoms with E-state index in [1.807, 2.05) is 17.4 Å². The van der Waals surface area contributed by atoms with Crippen LogP contribution in [0.3, 0.4) is 0 Å². The molecular weight excluding hydrogens is 320 g/mol. The lowest BCUT2D eigenvalue weighted by atomic mass is 9.86. The molecule has 25 heavy (non-hydrogen) atoms. The van der Waals surface area contributed by atoms with Crippen LogP contribution >= 0.6 is 0 Å². The fourth-order valence-electron chi connectivity index (χ4n) is 2.30. The van der Waals surface area contributed by atoms with Crippen molar-refractivity contribution in [1.29, 1.82) is 0 Å². The molecule has 0 spiro atoms. The first kappa shape index (κ1) is 20.7. The molecule has 6 nitrogen and oxygen atoms in total. The van der Waals surface area contributed by atoms with Crippen LogP contribution in [-0.2, 0) is 26.2 Å². The maximum Gasteiger partial charge on any atom is 0.318 e. The minimum absolute atomic E-state index is 0.0791. The standard InChI is InChI=1S/C19H28N2O4/c1-12(2)16(17(23)21-18(20)24)25-15(22)11-8-13-6-9-14(10-7-13)19(3,4)5/h6-7,9-10,12,16H,8,11H2,1-5H3,(H3,20,21,23,24)/t16-/m1/s1. The number of hydrogen-bond acceptors (Lipinski definition) is 4. The van der Waals surface area contributed by atoms with Gasteiger partial charge in [0.1, 0.15) is 0 Å². The first-order chi connectivity index (χ1) is 11.5. The summed E-state index contributed by atoms with van der Waals surface area (Å²) in [5.41, 5.74) is 7.25. The van der Waals surface area contributed by atoms with Crippen molar-refractivity contribution >= 4 is 17.9 Å². The largest absolute Gasteiger partial charge is 0.452 e. The van der Waals surface area contributed by atoms with Gasteiger partial charge in [0.05, 0.1) is 0 Å². The van der Waals surface area contributed by atoms with Gasteiger partial charge in [0.15, 0.2) is 6.10 Å². The molecule has 0 unspecified atom stereocenters. The van der Waals surface area contributed by atoms with E-state index >= 15 is 0 Å². The van der Waals surface area contributed by atoms with E-state index in [4.69, 9.17) is 10.5 Å². The van der Waals surface area contributed by atoms with Gasteiger partial charge in [0, 0.05) is 6.42 Å². The molecule has 0 heterocycles. The second-order valence-corrected chi connectivity index (χ2v) is 7.45. The van der Waals surface area contributed by atoms with Crippen molar-refractivity contribution in [3.63, 3.8) is 0 Å². The Bertz CT molecular complexity index is 615. The molecule has 1 atom stereocenters. The minimum atomic E-state index is -1.04. The van der Waals surface area contributed by atoms with Gasteiger partial charge >= 0.3 is 12.0 Å². The van der Waals surface area contributed by atoms with Crippen molar-refractivity contribution in [1.82, 2.24) is 5.32 Å². The van der Waals surface area contributed by atoms with Crippen LogP contribution in [0, 0.1) is 5.92 Å². The van der Waals surface area contributed by atoms with Crippen LogP contribution in [-0.4, -0.2) is 24.0 Å². The number of benzene rings is 1. The zero-order chi connectivity index (χ0) is 19.2. The molecule has 0 aliphatic rings. The van der Waals surface area contributed by atoms with Gasteiger partial charge in [-0.25, -0.2) is 4.79 Å². The van der Waals surface area contributed by atoms with Crippen LogP contribution in [0.1, 0.15) is 52.2 Å². The third-order valence-electron chi connectivity index (χ3n) is 3.81. The zero-order valence-corrected chi connectivity index (χ0v) is 15.6. The summed E-state index contributed by atoms with van der Waals surface area (Å²) in [6, 6.07) is 7.13. The molecule has 0 fully saturated rings. The Kier molecular flexibility index (Phi) is 7.15. The maximum atomic E-state index is 12.0. The topological polar surface area (TPSA) is 98.5 Å². The Morgan fingerprint density at radius 1 is 1.12 bits per heavy atom. The number of aryl methyl sites for hydroxylation is 1. The van der Waals surface area contributed by atoms with Gasteiger partial charge < -0.3 is 10.5 Å². The van der Waals surface area contributed by atoms with Gasteiger partial charge in [-0.1, -0.05) is 58.9 Å². The van der Waals surface area contributed by atoms with E-state index in [1.165, 1.54) is 5.56 Å². The lowest BCUT2D eigenvalue weighted by Gasteiger charge is -2.20. The average molecular weight is 348 g/mol. The summed E-state index contributed by atoms with van der Waals surface area (Å²) in [4.78, 5) is 34.7. The number of ether oxygens (including phenoxy) is 1. The smallest absolute Gasteiger partial charge is 0.318 e. The quantitative estimate of drug-likeness (QED) is 0.772. The van der Waals surface area contributed by atoms with Gasteiger partial charge in [-0.3, -0.25) is 14.9 Å². The van der Waals surface area contributed by atoms with E-state index in [9.17, 15) is 14.4 Å². The highest BCUT2D eigenvalue weighted by Gasteiger charge is 2.27. The molecule has 138 valence electrons. The number of esters is 1. The number of urea groups is 1. The van der Waals surface area contributed by atoms with Gasteiger partial charge in [0.2, 0.25) is 0 Å². The summed E-state index contributed by atoms with van der Waals surface area (Å²) in [5, 5.41) is 1.95. The van der Waals surface area contributed by atoms with E-state index in [0.29, 0.717) is 6.42 Å². The predicted octanol–water partition coefficient (Wildman–Crippen LogP) is 2.68. The third kappa shape index (κ3) is 6.95. The van der Waals surface area contributed by atoms with E-state index in [2.05, 4.69) is 32.9 Å². The molecule has 3 N–H and O–H groups in total. The summed E-state index contributed by atoms with van der Waals surface area (Å²) in [5.74, 6) is -1.46. The summed E-state index contributed by atoms with van der Waals surface area (Å²) in [6.45, 7) is 9.88. The number of carbonyl (C=O) groups is 3. The van der Waals surface area contributed by atoms with E-state index in [-0.39, 0.29) is 17.8 Å². The Morgan fingerprint density at radius 3 is 2.12 bits per heavy atom. The highest BCUT2D eigenvalue weighted by atomic mass is 16.5. The molecule has 0 saturated carbocycles. The molecule has 1 aromatic carbocycles. The Balaban J connectivity index is 2.60. The monoisotopic (exact) mass is 348 g/mol. The normalized spacial score (nSPS) is 12.6. The summed E-state index contributed by atoms with van der Waals surface area (Å²) >= 11 is 0. The molecule has 0 aliphatic carbocycles. The van der Waals surface area contributed by atoms with Crippen LogP contribution in [0.25, 0.3) is 0 Å². The molecular formula is C19H28N2O4. The lowest BCUT2D eigenvalue weighted by Crippen LogP contribution is -2.45. The van der Waals surface area contributed by atoms with Crippen LogP contribution < -0.4 is 11.1 Å². The molecule has 6 heteroatoms. The van der Waals surface area contributed by atoms with E-state index < -0.39 is 24.0 Å². The number of hydrogen-bond donors (Lipinski definition) is 2. The first-order valence-electron chi connectivity index (χ1n) is 8.40. The second kappa shape index (κ2) is 8.65. The van der Waals surface area contributed by atoms with Gasteiger partial charge in [-0.15, -0.1) is 0 Å². The Hall–Kier alpha value is -2.37. The van der Waals surface area contributed by atoms with Gasteiger partial charge in [-0.05, 0) is 28.9 Å². The lowest BCUT2D eigenvalue weighted by molar-refractivity contribution is -0.158. The number of rotatable bonds is 6. The highest BCUT2D eigenvalue weighted by molar-refractivity contribution is 5.96. The van der Waals surface area contributed by atoms with Crippen molar-refractivity contribution in [2.75, 3.05) is 0 Å². The van der Waals surface area contributed by atoms with Crippen LogP contribution in [0.2, 0.25) is 0 Å². The number of nitrogens with two attached hydrogens (primary N) is 1. The Morgan fingerprint density at radius 2 is 1.68 bits per heavy atom. The number of amides is 3. The van der Waals surface area contributed by atoms with Crippen LogP contribution in [0.5, 0.6) is 0 Å². The molecule has 1 aromatic rings.